The Labute approximate surface area is 131 Å². The van der Waals surface area contributed by atoms with Crippen LogP contribution in [0.15, 0.2) is 0 Å². The molecule has 0 fully saturated rings. The van der Waals surface area contributed by atoms with Crippen LogP contribution >= 0.6 is 11.6 Å². The summed E-state index contributed by atoms with van der Waals surface area (Å²) in [7, 11) is 4.57. The second-order valence-electron chi connectivity index (χ2n) is 5.90. The Balaban J connectivity index is 0. The zero-order chi connectivity index (χ0) is 13.0. The molecule has 0 saturated heterocycles. The zero-order valence-electron chi connectivity index (χ0n) is 12.7. The van der Waals surface area contributed by atoms with Crippen LogP contribution in [-0.2, 0) is 0 Å². The summed E-state index contributed by atoms with van der Waals surface area (Å²) in [4.78, 5) is 0. The van der Waals surface area contributed by atoms with Gasteiger partial charge in [0.15, 0.2) is 0 Å². The minimum Gasteiger partial charge on any atom is -1.00 e. The van der Waals surface area contributed by atoms with Gasteiger partial charge in [-0.3, -0.25) is 0 Å². The van der Waals surface area contributed by atoms with Crippen LogP contribution in [0.4, 0.5) is 0 Å². The molecule has 0 N–H and O–H groups in total. The second-order valence-corrected chi connectivity index (χ2v) is 6.28. The van der Waals surface area contributed by atoms with E-state index in [0.29, 0.717) is 0 Å². The maximum atomic E-state index is 5.79. The van der Waals surface area contributed by atoms with Crippen molar-refractivity contribution in [1.82, 2.24) is 0 Å². The van der Waals surface area contributed by atoms with Gasteiger partial charge in [0, 0.05) is 0 Å². The first-order chi connectivity index (χ1) is 8.12. The van der Waals surface area contributed by atoms with E-state index in [1.807, 2.05) is 0 Å². The molecule has 0 radical (unpaired) electrons. The van der Waals surface area contributed by atoms with Crippen LogP contribution in [-0.4, -0.2) is 37.5 Å². The first kappa shape index (κ1) is 21.0. The Morgan fingerprint density at radius 2 is 1.17 bits per heavy atom. The Hall–Kier alpha value is 0.730. The van der Waals surface area contributed by atoms with Crippen molar-refractivity contribution in [1.29, 1.82) is 0 Å². The molecule has 3 heteroatoms. The van der Waals surface area contributed by atoms with Crippen molar-refractivity contribution in [2.24, 2.45) is 0 Å². The minimum absolute atomic E-state index is 0. The van der Waals surface area contributed by atoms with Gasteiger partial charge in [-0.2, -0.15) is 0 Å². The largest absolute Gasteiger partial charge is 1.00 e. The summed E-state index contributed by atoms with van der Waals surface area (Å²) in [6.45, 7) is 4.65. The summed E-state index contributed by atoms with van der Waals surface area (Å²) < 4.78 is 1.08. The number of rotatable bonds is 12. The third kappa shape index (κ3) is 14.8. The van der Waals surface area contributed by atoms with Gasteiger partial charge in [-0.15, -0.1) is 11.6 Å². The molecule has 18 heavy (non-hydrogen) atoms. The molecule has 1 nitrogen and oxygen atoms in total. The molecule has 0 rings (SSSR count). The van der Waals surface area contributed by atoms with E-state index in [9.17, 15) is 0 Å². The van der Waals surface area contributed by atoms with E-state index in [2.05, 4.69) is 21.0 Å². The molecule has 0 aliphatic rings. The minimum atomic E-state index is 0. The van der Waals surface area contributed by atoms with Crippen LogP contribution in [0.2, 0.25) is 0 Å². The molecule has 112 valence electrons. The number of unbranched alkanes of at least 4 members (excludes halogenated alkanes) is 8. The molecule has 0 aromatic rings. The predicted octanol–water partition coefficient (Wildman–Crippen LogP) is 1.84. The number of hydrogen-bond donors (Lipinski definition) is 0. The lowest BCUT2D eigenvalue weighted by Crippen LogP contribution is -3.00. The van der Waals surface area contributed by atoms with Gasteiger partial charge in [-0.25, -0.2) is 0 Å². The van der Waals surface area contributed by atoms with Crippen LogP contribution in [0.5, 0.6) is 0 Å². The van der Waals surface area contributed by atoms with Crippen molar-refractivity contribution < 1.29 is 21.5 Å². The maximum absolute atomic E-state index is 5.79. The van der Waals surface area contributed by atoms with Gasteiger partial charge in [0.2, 0.25) is 0 Å². The molecule has 0 spiro atoms. The van der Waals surface area contributed by atoms with E-state index in [1.54, 1.807) is 0 Å². The monoisotopic (exact) mass is 341 g/mol. The van der Waals surface area contributed by atoms with Crippen molar-refractivity contribution in [3.8, 4) is 0 Å². The van der Waals surface area contributed by atoms with Gasteiger partial charge in [0.25, 0.3) is 0 Å². The van der Waals surface area contributed by atoms with Gasteiger partial charge >= 0.3 is 0 Å². The molecule has 0 atom stereocenters. The van der Waals surface area contributed by atoms with E-state index < -0.39 is 0 Å². The number of nitrogens with zero attached hydrogens (tertiary/aromatic N) is 1. The third-order valence-electron chi connectivity index (χ3n) is 3.56. The van der Waals surface area contributed by atoms with Gasteiger partial charge in [0.1, 0.15) is 0 Å². The lowest BCUT2D eigenvalue weighted by molar-refractivity contribution is -0.888. The number of quaternary nitrogens is 1. The Kier molecular flexibility index (Phi) is 16.5. The molecule has 0 aliphatic carbocycles. The highest BCUT2D eigenvalue weighted by Gasteiger charge is 2.12. The SMILES string of the molecule is CCCCCCCCCCC[N+](C)(C)CCCl.[Br-]. The Morgan fingerprint density at radius 1 is 0.722 bits per heavy atom. The summed E-state index contributed by atoms with van der Waals surface area (Å²) in [5, 5.41) is 0. The standard InChI is InChI=1S/C15H33ClN.BrH/c1-4-5-6-7-8-9-10-11-12-14-17(2,3)15-13-16;/h4-15H2,1-3H3;1H/q+1;/p-1. The highest BCUT2D eigenvalue weighted by molar-refractivity contribution is 6.17. The maximum Gasteiger partial charge on any atom is 0.0920 e. The fourth-order valence-electron chi connectivity index (χ4n) is 2.19. The third-order valence-corrected chi connectivity index (χ3v) is 3.73. The molecule has 0 aromatic heterocycles. The molecule has 0 aromatic carbocycles. The molecular weight excluding hydrogens is 310 g/mol. The van der Waals surface area contributed by atoms with Crippen molar-refractivity contribution in [2.45, 2.75) is 64.7 Å². The van der Waals surface area contributed by atoms with E-state index in [0.717, 1.165) is 16.9 Å². The Morgan fingerprint density at radius 3 is 1.61 bits per heavy atom. The predicted molar refractivity (Wildman–Crippen MR) is 79.8 cm³/mol. The van der Waals surface area contributed by atoms with Crippen molar-refractivity contribution in [2.75, 3.05) is 33.1 Å². The van der Waals surface area contributed by atoms with Crippen molar-refractivity contribution in [3.63, 3.8) is 0 Å². The van der Waals surface area contributed by atoms with Gasteiger partial charge in [-0.05, 0) is 12.8 Å². The van der Waals surface area contributed by atoms with Gasteiger partial charge in [-0.1, -0.05) is 51.9 Å². The summed E-state index contributed by atoms with van der Waals surface area (Å²) in [5.74, 6) is 0.782. The number of halogens is 2. The molecule has 0 saturated carbocycles. The second kappa shape index (κ2) is 14.1. The zero-order valence-corrected chi connectivity index (χ0v) is 15.0. The average Bonchev–Trinajstić information content (AvgIpc) is 2.27. The fraction of sp³-hybridized carbons (Fsp3) is 1.00. The summed E-state index contributed by atoms with van der Waals surface area (Å²) >= 11 is 5.79. The highest BCUT2D eigenvalue weighted by Crippen LogP contribution is 2.10. The number of hydrogen-bond acceptors (Lipinski definition) is 0. The molecule has 0 unspecified atom stereocenters. The van der Waals surface area contributed by atoms with Gasteiger partial charge < -0.3 is 21.5 Å². The first-order valence-corrected chi connectivity index (χ1v) is 8.04. The smallest absolute Gasteiger partial charge is 0.0920 e. The average molecular weight is 343 g/mol. The van der Waals surface area contributed by atoms with E-state index in [-0.39, 0.29) is 17.0 Å². The quantitative estimate of drug-likeness (QED) is 0.288. The van der Waals surface area contributed by atoms with E-state index >= 15 is 0 Å². The van der Waals surface area contributed by atoms with Crippen molar-refractivity contribution in [3.05, 3.63) is 0 Å². The molecule has 0 bridgehead atoms. The highest BCUT2D eigenvalue weighted by atomic mass is 79.9. The van der Waals surface area contributed by atoms with Gasteiger partial charge in [0.05, 0.1) is 33.1 Å². The van der Waals surface area contributed by atoms with Crippen LogP contribution in [0, 0.1) is 0 Å². The molecule has 0 heterocycles. The summed E-state index contributed by atoms with van der Waals surface area (Å²) in [5.41, 5.74) is 0. The lowest BCUT2D eigenvalue weighted by Gasteiger charge is -2.28. The first-order valence-electron chi connectivity index (χ1n) is 7.50. The van der Waals surface area contributed by atoms with E-state index in [1.165, 1.54) is 64.3 Å². The van der Waals surface area contributed by atoms with Crippen molar-refractivity contribution >= 4 is 11.6 Å². The topological polar surface area (TPSA) is 0 Å². The number of alkyl halides is 1. The summed E-state index contributed by atoms with van der Waals surface area (Å²) in [6, 6.07) is 0. The van der Waals surface area contributed by atoms with Crippen LogP contribution in [0.1, 0.15) is 64.7 Å². The Bertz CT molecular complexity index is 163. The molecular formula is C15H33BrClN. The van der Waals surface area contributed by atoms with E-state index in [4.69, 9.17) is 11.6 Å². The fourth-order valence-corrected chi connectivity index (χ4v) is 2.65. The molecule has 0 amide bonds. The lowest BCUT2D eigenvalue weighted by atomic mass is 10.1. The van der Waals surface area contributed by atoms with Crippen LogP contribution < -0.4 is 17.0 Å². The van der Waals surface area contributed by atoms with Crippen LogP contribution in [0.3, 0.4) is 0 Å². The molecule has 0 aliphatic heterocycles. The summed E-state index contributed by atoms with van der Waals surface area (Å²) in [6.07, 6.45) is 12.7. The van der Waals surface area contributed by atoms with Crippen LogP contribution in [0.25, 0.3) is 0 Å². The normalized spacial score (nSPS) is 11.3.